The van der Waals surface area contributed by atoms with Crippen LogP contribution < -0.4 is 5.73 Å². The zero-order chi connectivity index (χ0) is 13.8. The Morgan fingerprint density at radius 1 is 1.53 bits per heavy atom. The number of hydrogen-bond donors (Lipinski definition) is 1. The van der Waals surface area contributed by atoms with Crippen LogP contribution in [0.4, 0.5) is 0 Å². The van der Waals surface area contributed by atoms with E-state index in [9.17, 15) is 4.79 Å². The molecule has 2 N–H and O–H groups in total. The highest BCUT2D eigenvalue weighted by Gasteiger charge is 2.27. The lowest BCUT2D eigenvalue weighted by molar-refractivity contribution is 0.0618. The van der Waals surface area contributed by atoms with Crippen LogP contribution in [0.25, 0.3) is 0 Å². The van der Waals surface area contributed by atoms with Gasteiger partial charge in [0, 0.05) is 31.3 Å². The first-order chi connectivity index (χ1) is 9.11. The van der Waals surface area contributed by atoms with Crippen molar-refractivity contribution < 1.29 is 9.53 Å². The Balaban J connectivity index is 2.12. The SMILES string of the molecule is COCc1cccc(C(=O)N2CC[C@H](N)C[C@H]2C)c1. The Morgan fingerprint density at radius 3 is 3.00 bits per heavy atom. The van der Waals surface area contributed by atoms with Crippen LogP contribution in [0.5, 0.6) is 0 Å². The van der Waals surface area contributed by atoms with E-state index in [1.807, 2.05) is 29.2 Å². The fourth-order valence-corrected chi connectivity index (χ4v) is 2.64. The molecule has 19 heavy (non-hydrogen) atoms. The maximum Gasteiger partial charge on any atom is 0.254 e. The summed E-state index contributed by atoms with van der Waals surface area (Å²) in [6.45, 7) is 3.34. The molecule has 0 unspecified atom stereocenters. The normalized spacial score (nSPS) is 23.4. The van der Waals surface area contributed by atoms with Crippen molar-refractivity contribution in [3.8, 4) is 0 Å². The number of nitrogens with two attached hydrogens (primary N) is 1. The van der Waals surface area contributed by atoms with Gasteiger partial charge in [0.2, 0.25) is 0 Å². The second-order valence-electron chi connectivity index (χ2n) is 5.27. The Morgan fingerprint density at radius 2 is 2.32 bits per heavy atom. The highest BCUT2D eigenvalue weighted by Crippen LogP contribution is 2.19. The van der Waals surface area contributed by atoms with Crippen LogP contribution in [-0.2, 0) is 11.3 Å². The fourth-order valence-electron chi connectivity index (χ4n) is 2.64. The maximum absolute atomic E-state index is 12.5. The number of nitrogens with zero attached hydrogens (tertiary/aromatic N) is 1. The number of likely N-dealkylation sites (tertiary alicyclic amines) is 1. The van der Waals surface area contributed by atoms with Gasteiger partial charge in [-0.15, -0.1) is 0 Å². The monoisotopic (exact) mass is 262 g/mol. The van der Waals surface area contributed by atoms with E-state index < -0.39 is 0 Å². The summed E-state index contributed by atoms with van der Waals surface area (Å²) in [6.07, 6.45) is 1.76. The maximum atomic E-state index is 12.5. The van der Waals surface area contributed by atoms with Gasteiger partial charge >= 0.3 is 0 Å². The Bertz CT molecular complexity index is 448. The molecule has 0 spiro atoms. The van der Waals surface area contributed by atoms with Crippen molar-refractivity contribution in [2.75, 3.05) is 13.7 Å². The van der Waals surface area contributed by atoms with Crippen molar-refractivity contribution in [1.29, 1.82) is 0 Å². The van der Waals surface area contributed by atoms with Gasteiger partial charge in [0.05, 0.1) is 6.61 Å². The molecule has 1 amide bonds. The average Bonchev–Trinajstić information content (AvgIpc) is 2.39. The molecule has 4 nitrogen and oxygen atoms in total. The minimum absolute atomic E-state index is 0.0948. The number of hydrogen-bond acceptors (Lipinski definition) is 3. The second kappa shape index (κ2) is 6.17. The first kappa shape index (κ1) is 14.0. The molecule has 1 heterocycles. The minimum Gasteiger partial charge on any atom is -0.380 e. The Labute approximate surface area is 114 Å². The van der Waals surface area contributed by atoms with Gasteiger partial charge in [0.1, 0.15) is 0 Å². The third kappa shape index (κ3) is 3.33. The summed E-state index contributed by atoms with van der Waals surface area (Å²) in [5.41, 5.74) is 7.69. The van der Waals surface area contributed by atoms with E-state index in [0.717, 1.165) is 30.5 Å². The van der Waals surface area contributed by atoms with Crippen molar-refractivity contribution in [3.05, 3.63) is 35.4 Å². The van der Waals surface area contributed by atoms with Crippen molar-refractivity contribution in [2.45, 2.75) is 38.5 Å². The summed E-state index contributed by atoms with van der Waals surface area (Å²) in [5.74, 6) is 0.0948. The first-order valence-corrected chi connectivity index (χ1v) is 6.76. The molecule has 0 bridgehead atoms. The molecule has 2 rings (SSSR count). The highest BCUT2D eigenvalue weighted by atomic mass is 16.5. The van der Waals surface area contributed by atoms with Crippen LogP contribution in [0.2, 0.25) is 0 Å². The van der Waals surface area contributed by atoms with E-state index in [1.165, 1.54) is 0 Å². The highest BCUT2D eigenvalue weighted by molar-refractivity contribution is 5.94. The summed E-state index contributed by atoms with van der Waals surface area (Å²) in [7, 11) is 1.66. The van der Waals surface area contributed by atoms with Gasteiger partial charge in [-0.2, -0.15) is 0 Å². The van der Waals surface area contributed by atoms with Crippen LogP contribution >= 0.6 is 0 Å². The molecule has 0 aliphatic carbocycles. The summed E-state index contributed by atoms with van der Waals surface area (Å²) in [4.78, 5) is 14.4. The lowest BCUT2D eigenvalue weighted by Crippen LogP contribution is -2.48. The summed E-state index contributed by atoms with van der Waals surface area (Å²) < 4.78 is 5.10. The molecule has 0 aromatic heterocycles. The molecule has 2 atom stereocenters. The van der Waals surface area contributed by atoms with E-state index in [4.69, 9.17) is 10.5 Å². The summed E-state index contributed by atoms with van der Waals surface area (Å²) in [5, 5.41) is 0. The smallest absolute Gasteiger partial charge is 0.254 e. The lowest BCUT2D eigenvalue weighted by atomic mass is 9.98. The van der Waals surface area contributed by atoms with E-state index in [0.29, 0.717) is 6.61 Å². The molecule has 1 aromatic carbocycles. The number of rotatable bonds is 3. The molecule has 1 aliphatic heterocycles. The van der Waals surface area contributed by atoms with Gasteiger partial charge in [-0.25, -0.2) is 0 Å². The number of ether oxygens (including phenoxy) is 1. The molecule has 4 heteroatoms. The number of carbonyl (C=O) groups excluding carboxylic acids is 1. The number of piperidine rings is 1. The lowest BCUT2D eigenvalue weighted by Gasteiger charge is -2.36. The molecular formula is C15H22N2O2. The van der Waals surface area contributed by atoms with Gasteiger partial charge in [-0.05, 0) is 37.5 Å². The molecule has 0 radical (unpaired) electrons. The number of carbonyl (C=O) groups is 1. The van der Waals surface area contributed by atoms with Crippen LogP contribution in [0.3, 0.4) is 0 Å². The number of amides is 1. The minimum atomic E-state index is 0.0948. The Kier molecular flexibility index (Phi) is 4.56. The molecule has 1 aliphatic rings. The molecule has 1 aromatic rings. The van der Waals surface area contributed by atoms with Crippen molar-refractivity contribution in [3.63, 3.8) is 0 Å². The van der Waals surface area contributed by atoms with Crippen LogP contribution in [0, 0.1) is 0 Å². The van der Waals surface area contributed by atoms with E-state index in [2.05, 4.69) is 6.92 Å². The quantitative estimate of drug-likeness (QED) is 0.903. The molecular weight excluding hydrogens is 240 g/mol. The van der Waals surface area contributed by atoms with Crippen LogP contribution in [-0.4, -0.2) is 36.5 Å². The van der Waals surface area contributed by atoms with Crippen molar-refractivity contribution in [2.24, 2.45) is 5.73 Å². The van der Waals surface area contributed by atoms with Crippen molar-refractivity contribution in [1.82, 2.24) is 4.90 Å². The summed E-state index contributed by atoms with van der Waals surface area (Å²) >= 11 is 0. The first-order valence-electron chi connectivity index (χ1n) is 6.76. The standard InChI is InChI=1S/C15H22N2O2/c1-11-8-14(16)6-7-17(11)15(18)13-5-3-4-12(9-13)10-19-2/h3-5,9,11,14H,6-8,10,16H2,1-2H3/t11-,14+/m1/s1. The van der Waals surface area contributed by atoms with Crippen LogP contribution in [0.15, 0.2) is 24.3 Å². The molecule has 0 saturated carbocycles. The zero-order valence-electron chi connectivity index (χ0n) is 11.6. The third-order valence-electron chi connectivity index (χ3n) is 3.66. The fraction of sp³-hybridized carbons (Fsp3) is 0.533. The van der Waals surface area contributed by atoms with Gasteiger partial charge in [-0.3, -0.25) is 4.79 Å². The molecule has 1 saturated heterocycles. The Hall–Kier alpha value is -1.39. The van der Waals surface area contributed by atoms with Gasteiger partial charge < -0.3 is 15.4 Å². The second-order valence-corrected chi connectivity index (χ2v) is 5.27. The van der Waals surface area contributed by atoms with Crippen molar-refractivity contribution >= 4 is 5.91 Å². The predicted molar refractivity (Wildman–Crippen MR) is 74.9 cm³/mol. The van der Waals surface area contributed by atoms with Gasteiger partial charge in [-0.1, -0.05) is 12.1 Å². The molecule has 1 fully saturated rings. The van der Waals surface area contributed by atoms with Gasteiger partial charge in [0.25, 0.3) is 5.91 Å². The van der Waals surface area contributed by atoms with E-state index >= 15 is 0 Å². The predicted octanol–water partition coefficient (Wildman–Crippen LogP) is 1.78. The largest absolute Gasteiger partial charge is 0.380 e. The van der Waals surface area contributed by atoms with Crippen LogP contribution in [0.1, 0.15) is 35.7 Å². The van der Waals surface area contributed by atoms with Gasteiger partial charge in [0.15, 0.2) is 0 Å². The number of benzene rings is 1. The zero-order valence-corrected chi connectivity index (χ0v) is 11.6. The average molecular weight is 262 g/mol. The summed E-state index contributed by atoms with van der Waals surface area (Å²) in [6, 6.07) is 8.08. The molecule has 104 valence electrons. The van der Waals surface area contributed by atoms with E-state index in [1.54, 1.807) is 7.11 Å². The third-order valence-corrected chi connectivity index (χ3v) is 3.66. The number of methoxy groups -OCH3 is 1. The topological polar surface area (TPSA) is 55.6 Å². The van der Waals surface area contributed by atoms with E-state index in [-0.39, 0.29) is 18.0 Å².